The Morgan fingerprint density at radius 2 is 1.86 bits per heavy atom. The zero-order chi connectivity index (χ0) is 9.97. The first kappa shape index (κ1) is 8.95. The van der Waals surface area contributed by atoms with Gasteiger partial charge in [-0.3, -0.25) is 4.79 Å². The average Bonchev–Trinajstić information content (AvgIpc) is 2.56. The molecule has 0 saturated heterocycles. The van der Waals surface area contributed by atoms with Crippen LogP contribution >= 0.6 is 0 Å². The van der Waals surface area contributed by atoms with E-state index in [1.165, 1.54) is 5.56 Å². The van der Waals surface area contributed by atoms with Crippen molar-refractivity contribution in [2.75, 3.05) is 0 Å². The minimum atomic E-state index is 0.198. The second-order valence-electron chi connectivity index (χ2n) is 3.61. The van der Waals surface area contributed by atoms with E-state index in [1.54, 1.807) is 6.08 Å². The molecule has 0 unspecified atom stereocenters. The van der Waals surface area contributed by atoms with Crippen LogP contribution in [0.1, 0.15) is 17.5 Å². The fourth-order valence-corrected chi connectivity index (χ4v) is 1.49. The maximum absolute atomic E-state index is 11.0. The Bertz CT molecular complexity index is 407. The summed E-state index contributed by atoms with van der Waals surface area (Å²) in [4.78, 5) is 11.0. The maximum atomic E-state index is 11.0. The van der Waals surface area contributed by atoms with Gasteiger partial charge in [0, 0.05) is 6.42 Å². The number of carbonyl (C=O) groups is 1. The second-order valence-corrected chi connectivity index (χ2v) is 3.61. The third kappa shape index (κ3) is 1.99. The van der Waals surface area contributed by atoms with Gasteiger partial charge in [0.25, 0.3) is 0 Å². The summed E-state index contributed by atoms with van der Waals surface area (Å²) < 4.78 is 0. The van der Waals surface area contributed by atoms with E-state index in [0.717, 1.165) is 11.1 Å². The van der Waals surface area contributed by atoms with Crippen molar-refractivity contribution in [3.8, 4) is 0 Å². The van der Waals surface area contributed by atoms with Crippen LogP contribution < -0.4 is 0 Å². The lowest BCUT2D eigenvalue weighted by Crippen LogP contribution is -1.84. The molecule has 0 saturated carbocycles. The zero-order valence-corrected chi connectivity index (χ0v) is 8.16. The minimum Gasteiger partial charge on any atom is -0.294 e. The van der Waals surface area contributed by atoms with Crippen LogP contribution in [-0.2, 0) is 4.79 Å². The molecule has 0 bridgehead atoms. The predicted octanol–water partition coefficient (Wildman–Crippen LogP) is 2.91. The molecule has 1 heteroatoms. The maximum Gasteiger partial charge on any atom is 0.160 e. The number of ketones is 1. The number of allylic oxidation sites excluding steroid dienone is 3. The topological polar surface area (TPSA) is 17.1 Å². The number of benzene rings is 1. The summed E-state index contributed by atoms with van der Waals surface area (Å²) in [5, 5.41) is 0. The van der Waals surface area contributed by atoms with E-state index in [-0.39, 0.29) is 5.78 Å². The second kappa shape index (κ2) is 3.62. The summed E-state index contributed by atoms with van der Waals surface area (Å²) in [6.07, 6.45) is 6.14. The van der Waals surface area contributed by atoms with Crippen molar-refractivity contribution < 1.29 is 4.79 Å². The molecule has 0 amide bonds. The van der Waals surface area contributed by atoms with E-state index in [4.69, 9.17) is 0 Å². The fourth-order valence-electron chi connectivity index (χ4n) is 1.49. The molecule has 0 N–H and O–H groups in total. The molecular formula is C13H12O. The Labute approximate surface area is 83.8 Å². The van der Waals surface area contributed by atoms with Crippen LogP contribution in [0.5, 0.6) is 0 Å². The molecule has 1 aromatic carbocycles. The van der Waals surface area contributed by atoms with Crippen LogP contribution in [0.4, 0.5) is 0 Å². The lowest BCUT2D eigenvalue weighted by atomic mass is 10.1. The first-order chi connectivity index (χ1) is 6.74. The molecule has 70 valence electrons. The molecule has 1 aliphatic carbocycles. The summed E-state index contributed by atoms with van der Waals surface area (Å²) in [6, 6.07) is 8.29. The first-order valence-electron chi connectivity index (χ1n) is 4.72. The van der Waals surface area contributed by atoms with Crippen molar-refractivity contribution in [2.24, 2.45) is 0 Å². The lowest BCUT2D eigenvalue weighted by Gasteiger charge is -1.96. The third-order valence-corrected chi connectivity index (χ3v) is 2.29. The molecule has 1 aromatic rings. The van der Waals surface area contributed by atoms with Gasteiger partial charge in [0.2, 0.25) is 0 Å². The fraction of sp³-hybridized carbons (Fsp3) is 0.154. The predicted molar refractivity (Wildman–Crippen MR) is 57.9 cm³/mol. The summed E-state index contributed by atoms with van der Waals surface area (Å²) in [6.45, 7) is 2.07. The van der Waals surface area contributed by atoms with E-state index >= 15 is 0 Å². The monoisotopic (exact) mass is 184 g/mol. The Hall–Kier alpha value is -1.63. The number of carbonyl (C=O) groups excluding carboxylic acids is 1. The Kier molecular flexibility index (Phi) is 2.32. The molecule has 1 aliphatic rings. The zero-order valence-electron chi connectivity index (χ0n) is 8.16. The van der Waals surface area contributed by atoms with Gasteiger partial charge in [-0.2, -0.15) is 0 Å². The molecule has 2 rings (SSSR count). The largest absolute Gasteiger partial charge is 0.294 e. The van der Waals surface area contributed by atoms with Gasteiger partial charge in [-0.1, -0.05) is 42.0 Å². The van der Waals surface area contributed by atoms with Crippen LogP contribution in [0.3, 0.4) is 0 Å². The van der Waals surface area contributed by atoms with Crippen molar-refractivity contribution in [3.05, 3.63) is 53.1 Å². The average molecular weight is 184 g/mol. The highest BCUT2D eigenvalue weighted by Gasteiger charge is 2.07. The van der Waals surface area contributed by atoms with Crippen LogP contribution in [0.15, 0.2) is 42.0 Å². The summed E-state index contributed by atoms with van der Waals surface area (Å²) in [5.41, 5.74) is 3.51. The number of hydrogen-bond acceptors (Lipinski definition) is 1. The van der Waals surface area contributed by atoms with E-state index in [0.29, 0.717) is 6.42 Å². The van der Waals surface area contributed by atoms with Gasteiger partial charge in [-0.15, -0.1) is 0 Å². The normalized spacial score (nSPS) is 18.1. The Morgan fingerprint density at radius 1 is 1.14 bits per heavy atom. The van der Waals surface area contributed by atoms with Gasteiger partial charge in [-0.05, 0) is 24.1 Å². The van der Waals surface area contributed by atoms with E-state index < -0.39 is 0 Å². The lowest BCUT2D eigenvalue weighted by molar-refractivity contribution is -0.113. The van der Waals surface area contributed by atoms with Crippen molar-refractivity contribution in [3.63, 3.8) is 0 Å². The first-order valence-corrected chi connectivity index (χ1v) is 4.72. The molecule has 1 nitrogen and oxygen atoms in total. The number of aryl methyl sites for hydroxylation is 1. The molecule has 0 fully saturated rings. The van der Waals surface area contributed by atoms with E-state index in [1.807, 2.05) is 6.08 Å². The van der Waals surface area contributed by atoms with Gasteiger partial charge in [0.1, 0.15) is 0 Å². The van der Waals surface area contributed by atoms with Gasteiger partial charge in [0.15, 0.2) is 5.78 Å². The Balaban J connectivity index is 2.22. The van der Waals surface area contributed by atoms with Crippen molar-refractivity contribution in [1.82, 2.24) is 0 Å². The van der Waals surface area contributed by atoms with Gasteiger partial charge < -0.3 is 0 Å². The SMILES string of the molecule is Cc1ccc(/C=C2\C=CC(=O)C2)cc1. The van der Waals surface area contributed by atoms with Gasteiger partial charge in [-0.25, -0.2) is 0 Å². The highest BCUT2D eigenvalue weighted by atomic mass is 16.1. The quantitative estimate of drug-likeness (QED) is 0.655. The molecule has 0 aliphatic heterocycles. The highest BCUT2D eigenvalue weighted by Crippen LogP contribution is 2.17. The van der Waals surface area contributed by atoms with Crippen LogP contribution in [0.2, 0.25) is 0 Å². The van der Waals surface area contributed by atoms with E-state index in [2.05, 4.69) is 37.3 Å². The van der Waals surface area contributed by atoms with Crippen molar-refractivity contribution in [1.29, 1.82) is 0 Å². The van der Waals surface area contributed by atoms with Crippen LogP contribution in [0.25, 0.3) is 6.08 Å². The number of hydrogen-bond donors (Lipinski definition) is 0. The molecule has 0 spiro atoms. The minimum absolute atomic E-state index is 0.198. The standard InChI is InChI=1S/C13H12O/c1-10-2-4-11(5-3-10)8-12-6-7-13(14)9-12/h2-8H,9H2,1H3/b12-8+. The molecule has 0 heterocycles. The highest BCUT2D eigenvalue weighted by molar-refractivity contribution is 5.97. The third-order valence-electron chi connectivity index (χ3n) is 2.29. The van der Waals surface area contributed by atoms with Gasteiger partial charge in [0.05, 0.1) is 0 Å². The summed E-state index contributed by atoms with van der Waals surface area (Å²) in [7, 11) is 0. The summed E-state index contributed by atoms with van der Waals surface area (Å²) >= 11 is 0. The van der Waals surface area contributed by atoms with Crippen LogP contribution in [-0.4, -0.2) is 5.78 Å². The van der Waals surface area contributed by atoms with E-state index in [9.17, 15) is 4.79 Å². The molecule has 0 radical (unpaired) electrons. The molecule has 0 atom stereocenters. The molecule has 0 aromatic heterocycles. The number of rotatable bonds is 1. The molecule has 14 heavy (non-hydrogen) atoms. The van der Waals surface area contributed by atoms with Gasteiger partial charge >= 0.3 is 0 Å². The summed E-state index contributed by atoms with van der Waals surface area (Å²) in [5.74, 6) is 0.198. The molecular weight excluding hydrogens is 172 g/mol. The van der Waals surface area contributed by atoms with Crippen molar-refractivity contribution >= 4 is 11.9 Å². The van der Waals surface area contributed by atoms with Crippen LogP contribution in [0, 0.1) is 6.92 Å². The van der Waals surface area contributed by atoms with Crippen molar-refractivity contribution in [2.45, 2.75) is 13.3 Å². The smallest absolute Gasteiger partial charge is 0.160 e. The Morgan fingerprint density at radius 3 is 2.43 bits per heavy atom.